The Morgan fingerprint density at radius 3 is 2.85 bits per heavy atom. The lowest BCUT2D eigenvalue weighted by molar-refractivity contribution is 0.820. The van der Waals surface area contributed by atoms with Crippen LogP contribution in [0.2, 0.25) is 0 Å². The lowest BCUT2D eigenvalue weighted by Crippen LogP contribution is -2.08. The Kier molecular flexibility index (Phi) is 3.58. The van der Waals surface area contributed by atoms with Gasteiger partial charge < -0.3 is 5.32 Å². The lowest BCUT2D eigenvalue weighted by Gasteiger charge is -2.09. The molecule has 1 N–H and O–H groups in total. The maximum atomic E-state index is 4.54. The van der Waals surface area contributed by atoms with Crippen LogP contribution in [0.1, 0.15) is 19.8 Å². The van der Waals surface area contributed by atoms with E-state index in [1.165, 1.54) is 6.33 Å². The minimum Gasteiger partial charge on any atom is -0.370 e. The van der Waals surface area contributed by atoms with Crippen LogP contribution in [0.4, 0.5) is 5.82 Å². The van der Waals surface area contributed by atoms with Crippen molar-refractivity contribution in [2.24, 2.45) is 0 Å². The van der Waals surface area contributed by atoms with Gasteiger partial charge in [-0.1, -0.05) is 43.7 Å². The smallest absolute Gasteiger partial charge is 0.254 e. The van der Waals surface area contributed by atoms with Gasteiger partial charge in [0.1, 0.15) is 12.1 Å². The van der Waals surface area contributed by atoms with Crippen molar-refractivity contribution in [3.05, 3.63) is 42.7 Å². The summed E-state index contributed by atoms with van der Waals surface area (Å²) in [5.41, 5.74) is 1.99. The molecule has 0 radical (unpaired) electrons. The normalized spacial score (nSPS) is 10.8. The van der Waals surface area contributed by atoms with Gasteiger partial charge >= 0.3 is 0 Å². The molecule has 0 spiro atoms. The van der Waals surface area contributed by atoms with Crippen molar-refractivity contribution in [1.29, 1.82) is 0 Å². The number of nitrogens with one attached hydrogen (secondary N) is 1. The first kappa shape index (κ1) is 12.6. The van der Waals surface area contributed by atoms with Crippen LogP contribution in [0.15, 0.2) is 42.7 Å². The molecule has 20 heavy (non-hydrogen) atoms. The van der Waals surface area contributed by atoms with Crippen LogP contribution in [0.5, 0.6) is 0 Å². The monoisotopic (exact) mass is 267 g/mol. The van der Waals surface area contributed by atoms with E-state index in [9.17, 15) is 0 Å². The zero-order valence-electron chi connectivity index (χ0n) is 11.5. The highest BCUT2D eigenvalue weighted by Crippen LogP contribution is 2.21. The standard InChI is InChI=1S/C15H17N5/c1-2-3-9-16-14-10-13(12-7-5-4-6-8-12)19-15-17-11-18-20(14)15/h4-8,10-11,16H,2-3,9H2,1H3. The number of unbranched alkanes of at least 4 members (excludes halogenated alkanes) is 1. The number of anilines is 1. The maximum Gasteiger partial charge on any atom is 0.254 e. The summed E-state index contributed by atoms with van der Waals surface area (Å²) >= 11 is 0. The molecule has 0 unspecified atom stereocenters. The maximum absolute atomic E-state index is 4.54. The largest absolute Gasteiger partial charge is 0.370 e. The number of aromatic nitrogens is 4. The number of hydrogen-bond donors (Lipinski definition) is 1. The third-order valence-corrected chi connectivity index (χ3v) is 3.16. The molecule has 0 aliphatic heterocycles. The molecule has 5 nitrogen and oxygen atoms in total. The molecule has 0 saturated carbocycles. The van der Waals surface area contributed by atoms with E-state index in [0.29, 0.717) is 5.78 Å². The first-order chi connectivity index (χ1) is 9.88. The minimum absolute atomic E-state index is 0.616. The van der Waals surface area contributed by atoms with Gasteiger partial charge in [-0.15, -0.1) is 0 Å². The second-order valence-corrected chi connectivity index (χ2v) is 4.64. The van der Waals surface area contributed by atoms with E-state index in [-0.39, 0.29) is 0 Å². The molecular weight excluding hydrogens is 250 g/mol. The summed E-state index contributed by atoms with van der Waals surface area (Å²) in [4.78, 5) is 8.74. The van der Waals surface area contributed by atoms with Crippen molar-refractivity contribution in [2.45, 2.75) is 19.8 Å². The zero-order valence-corrected chi connectivity index (χ0v) is 11.5. The van der Waals surface area contributed by atoms with Crippen molar-refractivity contribution in [3.8, 4) is 11.3 Å². The first-order valence-electron chi connectivity index (χ1n) is 6.88. The third-order valence-electron chi connectivity index (χ3n) is 3.16. The molecule has 1 aromatic carbocycles. The first-order valence-corrected chi connectivity index (χ1v) is 6.88. The summed E-state index contributed by atoms with van der Waals surface area (Å²) in [6.07, 6.45) is 3.81. The van der Waals surface area contributed by atoms with E-state index >= 15 is 0 Å². The Hall–Kier alpha value is -2.43. The van der Waals surface area contributed by atoms with Crippen LogP contribution < -0.4 is 5.32 Å². The van der Waals surface area contributed by atoms with Crippen LogP contribution in [0.25, 0.3) is 17.0 Å². The highest BCUT2D eigenvalue weighted by Gasteiger charge is 2.08. The van der Waals surface area contributed by atoms with Crippen molar-refractivity contribution in [1.82, 2.24) is 19.6 Å². The van der Waals surface area contributed by atoms with E-state index in [1.54, 1.807) is 4.52 Å². The van der Waals surface area contributed by atoms with Gasteiger partial charge in [0.05, 0.1) is 5.69 Å². The highest BCUT2D eigenvalue weighted by molar-refractivity contribution is 5.65. The van der Waals surface area contributed by atoms with Crippen LogP contribution in [0.3, 0.4) is 0 Å². The summed E-state index contributed by atoms with van der Waals surface area (Å²) in [5.74, 6) is 1.55. The average molecular weight is 267 g/mol. The van der Waals surface area contributed by atoms with E-state index in [1.807, 2.05) is 36.4 Å². The molecule has 2 heterocycles. The fourth-order valence-electron chi connectivity index (χ4n) is 2.09. The van der Waals surface area contributed by atoms with Crippen molar-refractivity contribution < 1.29 is 0 Å². The molecule has 0 amide bonds. The van der Waals surface area contributed by atoms with Gasteiger partial charge in [0, 0.05) is 18.2 Å². The van der Waals surface area contributed by atoms with Crippen molar-refractivity contribution >= 4 is 11.6 Å². The zero-order chi connectivity index (χ0) is 13.8. The second kappa shape index (κ2) is 5.69. The van der Waals surface area contributed by atoms with E-state index in [4.69, 9.17) is 0 Å². The Balaban J connectivity index is 2.01. The molecule has 3 aromatic rings. The van der Waals surface area contributed by atoms with Crippen LogP contribution in [-0.2, 0) is 0 Å². The number of rotatable bonds is 5. The summed E-state index contributed by atoms with van der Waals surface area (Å²) in [6, 6.07) is 12.1. The predicted molar refractivity (Wildman–Crippen MR) is 79.6 cm³/mol. The molecule has 0 atom stereocenters. The Labute approximate surface area is 117 Å². The van der Waals surface area contributed by atoms with Crippen molar-refractivity contribution in [2.75, 3.05) is 11.9 Å². The summed E-state index contributed by atoms with van der Waals surface area (Å²) in [5, 5.41) is 7.62. The van der Waals surface area contributed by atoms with Crippen LogP contribution in [-0.4, -0.2) is 26.1 Å². The molecule has 0 aliphatic rings. The SMILES string of the molecule is CCCCNc1cc(-c2ccccc2)nc2ncnn12. The number of fused-ring (bicyclic) bond motifs is 1. The fraction of sp³-hybridized carbons (Fsp3) is 0.267. The Morgan fingerprint density at radius 1 is 1.20 bits per heavy atom. The lowest BCUT2D eigenvalue weighted by atomic mass is 10.1. The van der Waals surface area contributed by atoms with Crippen LogP contribution in [0, 0.1) is 0 Å². The molecule has 2 aromatic heterocycles. The second-order valence-electron chi connectivity index (χ2n) is 4.64. The molecule has 3 rings (SSSR count). The molecular formula is C15H17N5. The van der Waals surface area contributed by atoms with Gasteiger partial charge in [-0.2, -0.15) is 14.6 Å². The summed E-state index contributed by atoms with van der Waals surface area (Å²) < 4.78 is 1.74. The van der Waals surface area contributed by atoms with Gasteiger partial charge in [-0.3, -0.25) is 0 Å². The molecule has 0 saturated heterocycles. The highest BCUT2D eigenvalue weighted by atomic mass is 15.3. The Morgan fingerprint density at radius 2 is 2.05 bits per heavy atom. The average Bonchev–Trinajstić information content (AvgIpc) is 2.97. The van der Waals surface area contributed by atoms with E-state index < -0.39 is 0 Å². The van der Waals surface area contributed by atoms with Crippen molar-refractivity contribution in [3.63, 3.8) is 0 Å². The molecule has 5 heteroatoms. The fourth-order valence-corrected chi connectivity index (χ4v) is 2.09. The molecule has 0 bridgehead atoms. The number of hydrogen-bond acceptors (Lipinski definition) is 4. The van der Waals surface area contributed by atoms with Gasteiger partial charge in [0.15, 0.2) is 0 Å². The molecule has 0 fully saturated rings. The topological polar surface area (TPSA) is 55.1 Å². The minimum atomic E-state index is 0.616. The molecule has 102 valence electrons. The summed E-state index contributed by atoms with van der Waals surface area (Å²) in [6.45, 7) is 3.10. The number of nitrogens with zero attached hydrogens (tertiary/aromatic N) is 4. The van der Waals surface area contributed by atoms with E-state index in [2.05, 4.69) is 27.3 Å². The third kappa shape index (κ3) is 2.47. The van der Waals surface area contributed by atoms with Gasteiger partial charge in [0.25, 0.3) is 5.78 Å². The molecule has 0 aliphatic carbocycles. The summed E-state index contributed by atoms with van der Waals surface area (Å²) in [7, 11) is 0. The predicted octanol–water partition coefficient (Wildman–Crippen LogP) is 3.00. The van der Waals surface area contributed by atoms with Gasteiger partial charge in [-0.25, -0.2) is 4.98 Å². The Bertz CT molecular complexity index is 690. The van der Waals surface area contributed by atoms with Gasteiger partial charge in [0.2, 0.25) is 0 Å². The van der Waals surface area contributed by atoms with Crippen LogP contribution >= 0.6 is 0 Å². The quantitative estimate of drug-likeness (QED) is 0.722. The van der Waals surface area contributed by atoms with Gasteiger partial charge in [-0.05, 0) is 6.42 Å². The number of benzene rings is 1. The van der Waals surface area contributed by atoms with E-state index in [0.717, 1.165) is 36.5 Å².